The zero-order valence-electron chi connectivity index (χ0n) is 7.54. The minimum absolute atomic E-state index is 0.0353. The van der Waals surface area contributed by atoms with Crippen LogP contribution in [0.5, 0.6) is 0 Å². The van der Waals surface area contributed by atoms with E-state index >= 15 is 0 Å². The van der Waals surface area contributed by atoms with Gasteiger partial charge in [-0.05, 0) is 18.3 Å². The molecule has 0 unspecified atom stereocenters. The van der Waals surface area contributed by atoms with Crippen LogP contribution in [-0.4, -0.2) is 15.8 Å². The number of aromatic nitrogens is 2. The second kappa shape index (κ2) is 3.15. The van der Waals surface area contributed by atoms with Crippen LogP contribution >= 0.6 is 0 Å². The largest absolute Gasteiger partial charge is 0.631 e. The van der Waals surface area contributed by atoms with E-state index in [1.807, 2.05) is 0 Å². The lowest BCUT2D eigenvalue weighted by Crippen LogP contribution is -2.11. The number of rotatable bonds is 1. The van der Waals surface area contributed by atoms with Crippen molar-refractivity contribution in [3.8, 4) is 0 Å². The topological polar surface area (TPSA) is 41.6 Å². The number of fused-ring (bicyclic) bond motifs is 1. The van der Waals surface area contributed by atoms with Gasteiger partial charge in [-0.3, -0.25) is 4.98 Å². The highest BCUT2D eigenvalue weighted by Gasteiger charge is 2.29. The normalized spacial score (nSPS) is 12.2. The fourth-order valence-electron chi connectivity index (χ4n) is 1.47. The van der Waals surface area contributed by atoms with E-state index in [0.29, 0.717) is 5.52 Å². The van der Waals surface area contributed by atoms with Crippen LogP contribution in [0, 0.1) is 0 Å². The van der Waals surface area contributed by atoms with Gasteiger partial charge in [-0.25, -0.2) is 0 Å². The van der Waals surface area contributed by atoms with Gasteiger partial charge in [0, 0.05) is 11.8 Å². The zero-order chi connectivity index (χ0) is 11.1. The van der Waals surface area contributed by atoms with Crippen LogP contribution < -0.4 is 0 Å². The van der Waals surface area contributed by atoms with E-state index in [0.717, 1.165) is 10.9 Å². The van der Waals surface area contributed by atoms with Crippen molar-refractivity contribution in [2.24, 2.45) is 0 Å². The Balaban J connectivity index is 2.53. The van der Waals surface area contributed by atoms with Gasteiger partial charge in [-0.15, -0.1) is 0 Å². The summed E-state index contributed by atoms with van der Waals surface area (Å²) >= 11 is 0. The van der Waals surface area contributed by atoms with Crippen LogP contribution in [0.2, 0.25) is 0 Å². The molecule has 0 saturated heterocycles. The first-order chi connectivity index (χ1) is 6.97. The monoisotopic (exact) mass is 214 g/mol. The molecule has 0 atom stereocenters. The Morgan fingerprint density at radius 2 is 2.13 bits per heavy atom. The molecule has 15 heavy (non-hydrogen) atoms. The van der Waals surface area contributed by atoms with E-state index in [-0.39, 0.29) is 11.1 Å². The molecule has 0 fully saturated rings. The standard InChI is InChI=1S/C9H7F3N3/c10-9(11,12)4-6-5-15(13)7-2-1-3-14-8(6)7/h1-3,5,13H,4H2/q-1. The van der Waals surface area contributed by atoms with Crippen molar-refractivity contribution in [1.82, 2.24) is 9.66 Å². The highest BCUT2D eigenvalue weighted by Crippen LogP contribution is 2.26. The summed E-state index contributed by atoms with van der Waals surface area (Å²) < 4.78 is 37.4. The molecule has 80 valence electrons. The number of hydrogen-bond acceptors (Lipinski definition) is 1. The number of nitrogens with one attached hydrogen (secondary N) is 1. The maximum absolute atomic E-state index is 12.2. The fourth-order valence-corrected chi connectivity index (χ4v) is 1.47. The Morgan fingerprint density at radius 3 is 2.80 bits per heavy atom. The van der Waals surface area contributed by atoms with Crippen LogP contribution in [0.1, 0.15) is 5.56 Å². The second-order valence-corrected chi connectivity index (χ2v) is 3.19. The number of alkyl halides is 3. The fraction of sp³-hybridized carbons (Fsp3) is 0.222. The maximum atomic E-state index is 12.2. The van der Waals surface area contributed by atoms with E-state index in [1.54, 1.807) is 12.1 Å². The van der Waals surface area contributed by atoms with Crippen molar-refractivity contribution in [3.05, 3.63) is 35.9 Å². The lowest BCUT2D eigenvalue weighted by Gasteiger charge is -2.04. The van der Waals surface area contributed by atoms with Crippen molar-refractivity contribution in [3.63, 3.8) is 0 Å². The molecule has 0 aromatic carbocycles. The van der Waals surface area contributed by atoms with Gasteiger partial charge in [0.05, 0.1) is 17.5 Å². The molecule has 0 saturated carbocycles. The molecule has 2 rings (SSSR count). The zero-order valence-corrected chi connectivity index (χ0v) is 7.54. The Hall–Kier alpha value is -1.72. The molecule has 0 aliphatic rings. The average molecular weight is 214 g/mol. The molecular formula is C9H7F3N3-. The van der Waals surface area contributed by atoms with Crippen molar-refractivity contribution >= 4 is 11.0 Å². The predicted octanol–water partition coefficient (Wildman–Crippen LogP) is 2.96. The highest BCUT2D eigenvalue weighted by atomic mass is 19.4. The van der Waals surface area contributed by atoms with E-state index in [1.165, 1.54) is 6.20 Å². The van der Waals surface area contributed by atoms with Crippen LogP contribution in [0.15, 0.2) is 24.5 Å². The Bertz CT molecular complexity index is 487. The summed E-state index contributed by atoms with van der Waals surface area (Å²) in [6.45, 7) is 0. The molecular weight excluding hydrogens is 207 g/mol. The van der Waals surface area contributed by atoms with Gasteiger partial charge >= 0.3 is 6.18 Å². The first kappa shape index (κ1) is 9.82. The lowest BCUT2D eigenvalue weighted by atomic mass is 10.2. The Morgan fingerprint density at radius 1 is 1.40 bits per heavy atom. The first-order valence-electron chi connectivity index (χ1n) is 4.21. The van der Waals surface area contributed by atoms with Crippen LogP contribution in [0.25, 0.3) is 16.9 Å². The average Bonchev–Trinajstić information content (AvgIpc) is 2.42. The van der Waals surface area contributed by atoms with Gasteiger partial charge in [0.1, 0.15) is 0 Å². The van der Waals surface area contributed by atoms with Crippen molar-refractivity contribution in [2.75, 3.05) is 0 Å². The quantitative estimate of drug-likeness (QED) is 0.719. The smallest absolute Gasteiger partial charge is 0.393 e. The molecule has 0 aliphatic carbocycles. The summed E-state index contributed by atoms with van der Waals surface area (Å²) in [5, 5.41) is 0. The number of nitrogens with zero attached hydrogens (tertiary/aromatic N) is 2. The van der Waals surface area contributed by atoms with Crippen molar-refractivity contribution in [2.45, 2.75) is 12.6 Å². The molecule has 0 amide bonds. The van der Waals surface area contributed by atoms with Crippen LogP contribution in [0.3, 0.4) is 0 Å². The summed E-state index contributed by atoms with van der Waals surface area (Å²) in [5.74, 6) is 7.40. The van der Waals surface area contributed by atoms with Gasteiger partial charge in [-0.2, -0.15) is 13.2 Å². The highest BCUT2D eigenvalue weighted by molar-refractivity contribution is 5.79. The molecule has 0 spiro atoms. The van der Waals surface area contributed by atoms with E-state index in [9.17, 15) is 13.2 Å². The van der Waals surface area contributed by atoms with Crippen LogP contribution in [0.4, 0.5) is 13.2 Å². The molecule has 1 N–H and O–H groups in total. The molecule has 0 bridgehead atoms. The molecule has 6 heteroatoms. The molecule has 3 nitrogen and oxygen atoms in total. The number of halogens is 3. The van der Waals surface area contributed by atoms with Gasteiger partial charge in [0.2, 0.25) is 0 Å². The van der Waals surface area contributed by atoms with Gasteiger partial charge in [-0.1, -0.05) is 0 Å². The SMILES string of the molecule is [NH-]n1cc(CC(F)(F)F)c2ncccc21. The molecule has 0 aliphatic heterocycles. The molecule has 2 aromatic rings. The summed E-state index contributed by atoms with van der Waals surface area (Å²) in [5.41, 5.74) is 0.662. The van der Waals surface area contributed by atoms with E-state index in [4.69, 9.17) is 5.84 Å². The summed E-state index contributed by atoms with van der Waals surface area (Å²) in [6.07, 6.45) is -2.76. The predicted molar refractivity (Wildman–Crippen MR) is 49.2 cm³/mol. The summed E-state index contributed by atoms with van der Waals surface area (Å²) in [6, 6.07) is 3.15. The number of pyridine rings is 1. The first-order valence-corrected chi connectivity index (χ1v) is 4.21. The Kier molecular flexibility index (Phi) is 2.06. The van der Waals surface area contributed by atoms with E-state index < -0.39 is 12.6 Å². The van der Waals surface area contributed by atoms with Gasteiger partial charge in [0.25, 0.3) is 0 Å². The summed E-state index contributed by atoms with van der Waals surface area (Å²) in [7, 11) is 0. The second-order valence-electron chi connectivity index (χ2n) is 3.19. The van der Waals surface area contributed by atoms with Gasteiger partial charge < -0.3 is 10.5 Å². The van der Waals surface area contributed by atoms with Crippen molar-refractivity contribution < 1.29 is 13.2 Å². The summed E-state index contributed by atoms with van der Waals surface area (Å²) in [4.78, 5) is 3.85. The van der Waals surface area contributed by atoms with Crippen molar-refractivity contribution in [1.29, 1.82) is 0 Å². The minimum Gasteiger partial charge on any atom is -0.631 e. The van der Waals surface area contributed by atoms with Gasteiger partial charge in [0.15, 0.2) is 0 Å². The third kappa shape index (κ3) is 1.88. The third-order valence-electron chi connectivity index (χ3n) is 2.03. The van der Waals surface area contributed by atoms with E-state index in [2.05, 4.69) is 4.98 Å². The third-order valence-corrected chi connectivity index (χ3v) is 2.03. The van der Waals surface area contributed by atoms with Crippen LogP contribution in [-0.2, 0) is 6.42 Å². The maximum Gasteiger partial charge on any atom is 0.393 e. The molecule has 0 radical (unpaired) electrons. The lowest BCUT2D eigenvalue weighted by molar-refractivity contribution is -0.127. The molecule has 2 aromatic heterocycles. The molecule has 2 heterocycles. The Labute approximate surface area is 83.3 Å². The number of hydrogen-bond donors (Lipinski definition) is 0. The minimum atomic E-state index is -4.27.